The van der Waals surface area contributed by atoms with E-state index in [4.69, 9.17) is 9.47 Å². The number of hydrogen-bond donors (Lipinski definition) is 1. The molecule has 142 valence electrons. The first-order chi connectivity index (χ1) is 13.1. The Balaban J connectivity index is 1.47. The van der Waals surface area contributed by atoms with Gasteiger partial charge in [0.2, 0.25) is 16.9 Å². The fourth-order valence-corrected chi connectivity index (χ4v) is 4.03. The van der Waals surface area contributed by atoms with E-state index in [1.54, 1.807) is 37.3 Å². The Labute approximate surface area is 160 Å². The summed E-state index contributed by atoms with van der Waals surface area (Å²) in [4.78, 5) is 26.7. The number of amides is 2. The highest BCUT2D eigenvalue weighted by molar-refractivity contribution is 7.15. The molecule has 1 aliphatic heterocycles. The maximum Gasteiger partial charge on any atom is 0.231 e. The van der Waals surface area contributed by atoms with Crippen molar-refractivity contribution in [2.75, 3.05) is 31.0 Å². The van der Waals surface area contributed by atoms with Gasteiger partial charge in [-0.05, 0) is 25.0 Å². The van der Waals surface area contributed by atoms with E-state index in [0.717, 1.165) is 17.8 Å². The largest absolute Gasteiger partial charge is 0.497 e. The van der Waals surface area contributed by atoms with Crippen molar-refractivity contribution in [3.05, 3.63) is 23.2 Å². The van der Waals surface area contributed by atoms with Gasteiger partial charge in [-0.3, -0.25) is 9.59 Å². The van der Waals surface area contributed by atoms with E-state index in [1.165, 1.54) is 11.3 Å². The van der Waals surface area contributed by atoms with E-state index in [1.807, 2.05) is 0 Å². The summed E-state index contributed by atoms with van der Waals surface area (Å²) >= 11 is 1.41. The van der Waals surface area contributed by atoms with Crippen molar-refractivity contribution in [2.45, 2.75) is 25.2 Å². The van der Waals surface area contributed by atoms with Crippen molar-refractivity contribution in [2.24, 2.45) is 5.92 Å². The van der Waals surface area contributed by atoms with Gasteiger partial charge in [0.25, 0.3) is 0 Å². The van der Waals surface area contributed by atoms with Crippen LogP contribution in [-0.2, 0) is 9.59 Å². The molecule has 4 rings (SSSR count). The van der Waals surface area contributed by atoms with Crippen LogP contribution in [0.5, 0.6) is 11.5 Å². The first-order valence-electron chi connectivity index (χ1n) is 8.75. The van der Waals surface area contributed by atoms with Crippen LogP contribution in [0.1, 0.15) is 30.2 Å². The minimum Gasteiger partial charge on any atom is -0.497 e. The van der Waals surface area contributed by atoms with Gasteiger partial charge in [0.1, 0.15) is 16.5 Å². The second-order valence-electron chi connectivity index (χ2n) is 6.65. The molecule has 1 atom stereocenters. The van der Waals surface area contributed by atoms with E-state index >= 15 is 0 Å². The Morgan fingerprint density at radius 2 is 2.07 bits per heavy atom. The lowest BCUT2D eigenvalue weighted by atomic mass is 10.1. The Morgan fingerprint density at radius 3 is 2.78 bits per heavy atom. The number of rotatable bonds is 6. The molecule has 1 aromatic heterocycles. The lowest BCUT2D eigenvalue weighted by molar-refractivity contribution is -0.122. The van der Waals surface area contributed by atoms with Crippen LogP contribution in [-0.4, -0.2) is 42.8 Å². The summed E-state index contributed by atoms with van der Waals surface area (Å²) in [5.74, 6) is 0.874. The van der Waals surface area contributed by atoms with Crippen LogP contribution in [0.4, 0.5) is 10.8 Å². The van der Waals surface area contributed by atoms with Gasteiger partial charge in [0.15, 0.2) is 0 Å². The summed E-state index contributed by atoms with van der Waals surface area (Å²) in [5, 5.41) is 12.4. The molecule has 1 saturated carbocycles. The average molecular weight is 388 g/mol. The molecule has 2 fully saturated rings. The standard InChI is InChI=1S/C18H20N4O4S/c1-25-12-5-6-14(26-2)13(8-12)22-9-11(7-15(22)23)16(24)19-18-21-20-17(27-18)10-3-4-10/h5-6,8,10-11H,3-4,7,9H2,1-2H3,(H,19,21,24). The highest BCUT2D eigenvalue weighted by atomic mass is 32.1. The predicted molar refractivity (Wildman–Crippen MR) is 101 cm³/mol. The van der Waals surface area contributed by atoms with Crippen LogP contribution in [0.2, 0.25) is 0 Å². The zero-order valence-electron chi connectivity index (χ0n) is 15.1. The lowest BCUT2D eigenvalue weighted by Crippen LogP contribution is -2.28. The molecule has 2 heterocycles. The summed E-state index contributed by atoms with van der Waals surface area (Å²) in [7, 11) is 3.11. The molecular formula is C18H20N4O4S. The maximum absolute atomic E-state index is 12.6. The number of hydrogen-bond acceptors (Lipinski definition) is 7. The van der Waals surface area contributed by atoms with E-state index < -0.39 is 5.92 Å². The Hall–Kier alpha value is -2.68. The van der Waals surface area contributed by atoms with Gasteiger partial charge in [-0.2, -0.15) is 0 Å². The molecule has 1 aromatic carbocycles. The van der Waals surface area contributed by atoms with Crippen molar-refractivity contribution in [3.8, 4) is 11.5 Å². The number of carbonyl (C=O) groups excluding carboxylic acids is 2. The minimum atomic E-state index is -0.457. The van der Waals surface area contributed by atoms with Crippen LogP contribution in [0.25, 0.3) is 0 Å². The average Bonchev–Trinajstić information content (AvgIpc) is 3.31. The van der Waals surface area contributed by atoms with Gasteiger partial charge in [0.05, 0.1) is 25.8 Å². The van der Waals surface area contributed by atoms with E-state index in [9.17, 15) is 9.59 Å². The van der Waals surface area contributed by atoms with E-state index in [2.05, 4.69) is 15.5 Å². The van der Waals surface area contributed by atoms with Crippen LogP contribution >= 0.6 is 11.3 Å². The Kier molecular flexibility index (Phi) is 4.69. The SMILES string of the molecule is COc1ccc(OC)c(N2CC(C(=O)Nc3nnc(C4CC4)s3)CC2=O)c1. The van der Waals surface area contributed by atoms with Crippen molar-refractivity contribution < 1.29 is 19.1 Å². The van der Waals surface area contributed by atoms with Crippen LogP contribution in [0.3, 0.4) is 0 Å². The Morgan fingerprint density at radius 1 is 1.26 bits per heavy atom. The molecule has 2 amide bonds. The smallest absolute Gasteiger partial charge is 0.231 e. The second kappa shape index (κ2) is 7.15. The van der Waals surface area contributed by atoms with E-state index in [0.29, 0.717) is 28.2 Å². The third-order valence-electron chi connectivity index (χ3n) is 4.77. The molecule has 0 bridgehead atoms. The summed E-state index contributed by atoms with van der Waals surface area (Å²) in [6, 6.07) is 5.25. The number of benzene rings is 1. The number of carbonyl (C=O) groups is 2. The van der Waals surface area contributed by atoms with E-state index in [-0.39, 0.29) is 24.8 Å². The van der Waals surface area contributed by atoms with Crippen molar-refractivity contribution in [1.29, 1.82) is 0 Å². The third kappa shape index (κ3) is 3.59. The lowest BCUT2D eigenvalue weighted by Gasteiger charge is -2.20. The summed E-state index contributed by atoms with van der Waals surface area (Å²) in [5.41, 5.74) is 0.601. The molecule has 1 unspecified atom stereocenters. The number of anilines is 2. The molecule has 2 aromatic rings. The first kappa shape index (κ1) is 17.7. The molecule has 1 N–H and O–H groups in total. The van der Waals surface area contributed by atoms with Crippen molar-refractivity contribution >= 4 is 34.0 Å². The van der Waals surface area contributed by atoms with Gasteiger partial charge < -0.3 is 19.7 Å². The summed E-state index contributed by atoms with van der Waals surface area (Å²) in [6.45, 7) is 0.280. The second-order valence-corrected chi connectivity index (χ2v) is 7.66. The molecule has 1 aliphatic carbocycles. The van der Waals surface area contributed by atoms with Gasteiger partial charge in [-0.1, -0.05) is 11.3 Å². The molecule has 0 spiro atoms. The summed E-state index contributed by atoms with van der Waals surface area (Å²) < 4.78 is 10.6. The Bertz CT molecular complexity index is 880. The van der Waals surface area contributed by atoms with Crippen LogP contribution in [0.15, 0.2) is 18.2 Å². The van der Waals surface area contributed by atoms with Crippen LogP contribution < -0.4 is 19.7 Å². The molecule has 0 radical (unpaired) electrons. The van der Waals surface area contributed by atoms with Gasteiger partial charge >= 0.3 is 0 Å². The van der Waals surface area contributed by atoms with Crippen molar-refractivity contribution in [1.82, 2.24) is 10.2 Å². The number of methoxy groups -OCH3 is 2. The number of nitrogens with zero attached hydrogens (tertiary/aromatic N) is 3. The minimum absolute atomic E-state index is 0.127. The fourth-order valence-electron chi connectivity index (χ4n) is 3.11. The number of ether oxygens (including phenoxy) is 2. The van der Waals surface area contributed by atoms with Gasteiger partial charge in [-0.15, -0.1) is 10.2 Å². The zero-order valence-corrected chi connectivity index (χ0v) is 15.9. The quantitative estimate of drug-likeness (QED) is 0.817. The molecule has 9 heteroatoms. The van der Waals surface area contributed by atoms with Gasteiger partial charge in [-0.25, -0.2) is 0 Å². The summed E-state index contributed by atoms with van der Waals surface area (Å²) in [6.07, 6.45) is 2.41. The highest BCUT2D eigenvalue weighted by Crippen LogP contribution is 2.42. The highest BCUT2D eigenvalue weighted by Gasteiger charge is 2.37. The maximum atomic E-state index is 12.6. The van der Waals surface area contributed by atoms with Crippen molar-refractivity contribution in [3.63, 3.8) is 0 Å². The fraction of sp³-hybridized carbons (Fsp3) is 0.444. The monoisotopic (exact) mass is 388 g/mol. The molecule has 2 aliphatic rings. The number of nitrogens with one attached hydrogen (secondary N) is 1. The molecular weight excluding hydrogens is 368 g/mol. The predicted octanol–water partition coefficient (Wildman–Crippen LogP) is 2.42. The molecule has 8 nitrogen and oxygen atoms in total. The van der Waals surface area contributed by atoms with Crippen LogP contribution in [0, 0.1) is 5.92 Å². The third-order valence-corrected chi connectivity index (χ3v) is 5.77. The first-order valence-corrected chi connectivity index (χ1v) is 9.57. The molecule has 27 heavy (non-hydrogen) atoms. The normalized spacial score (nSPS) is 19.3. The molecule has 1 saturated heterocycles. The van der Waals surface area contributed by atoms with Gasteiger partial charge in [0, 0.05) is 24.9 Å². The zero-order chi connectivity index (χ0) is 19.0. The topological polar surface area (TPSA) is 93.7 Å². The number of aromatic nitrogens is 2.